The van der Waals surface area contributed by atoms with Crippen LogP contribution in [0.4, 0.5) is 0 Å². The minimum absolute atomic E-state index is 0.252. The molecule has 0 aromatic carbocycles. The third kappa shape index (κ3) is 8.25. The summed E-state index contributed by atoms with van der Waals surface area (Å²) < 4.78 is 0. The summed E-state index contributed by atoms with van der Waals surface area (Å²) in [6.07, 6.45) is 13.1. The normalized spacial score (nSPS) is 14.6. The Balaban J connectivity index is 1.79. The highest BCUT2D eigenvalue weighted by Crippen LogP contribution is 2.25. The topological polar surface area (TPSA) is 32.3 Å². The Morgan fingerprint density at radius 3 is 2.21 bits per heavy atom. The monoisotopic (exact) mass is 268 g/mol. The number of unbranched alkanes of at least 4 members (excludes halogenated alkanes) is 7. The summed E-state index contributed by atoms with van der Waals surface area (Å²) in [5.41, 5.74) is 0. The fraction of sp³-hybridized carbons (Fsp3) is 0.938. The molecule has 0 unspecified atom stereocenters. The number of likely N-dealkylation sites (N-methyl/N-ethyl adjacent to an activating group) is 1. The first-order valence-electron chi connectivity index (χ1n) is 8.22. The molecule has 0 spiro atoms. The van der Waals surface area contributed by atoms with Crippen molar-refractivity contribution in [1.29, 1.82) is 0 Å². The molecule has 1 fully saturated rings. The van der Waals surface area contributed by atoms with E-state index in [0.717, 1.165) is 6.54 Å². The van der Waals surface area contributed by atoms with Crippen LogP contribution in [-0.4, -0.2) is 37.0 Å². The first-order valence-corrected chi connectivity index (χ1v) is 8.22. The summed E-state index contributed by atoms with van der Waals surface area (Å²) in [5.74, 6) is 0.252. The molecule has 0 radical (unpaired) electrons. The predicted molar refractivity (Wildman–Crippen MR) is 81.3 cm³/mol. The molecule has 1 saturated carbocycles. The second kappa shape index (κ2) is 10.2. The molecule has 0 bridgehead atoms. The van der Waals surface area contributed by atoms with E-state index in [0.29, 0.717) is 12.6 Å². The average Bonchev–Trinajstić information content (AvgIpc) is 3.24. The van der Waals surface area contributed by atoms with Crippen LogP contribution >= 0.6 is 0 Å². The van der Waals surface area contributed by atoms with Gasteiger partial charge in [0.2, 0.25) is 5.91 Å². The molecule has 19 heavy (non-hydrogen) atoms. The van der Waals surface area contributed by atoms with Gasteiger partial charge in [0.05, 0.1) is 6.54 Å². The number of carbonyl (C=O) groups is 1. The standard InChI is InChI=1S/C16H32N2O/c1-3-4-5-6-7-8-9-10-13-17-14-16(19)18(2)15-11-12-15/h15,17H,3-14H2,1-2H3. The molecule has 0 atom stereocenters. The molecule has 3 nitrogen and oxygen atoms in total. The van der Waals surface area contributed by atoms with Crippen molar-refractivity contribution in [2.45, 2.75) is 77.2 Å². The molecule has 0 aliphatic heterocycles. The van der Waals surface area contributed by atoms with Gasteiger partial charge in [0.1, 0.15) is 0 Å². The number of carbonyl (C=O) groups excluding carboxylic acids is 1. The Kier molecular flexibility index (Phi) is 8.89. The van der Waals surface area contributed by atoms with Crippen LogP contribution in [0.5, 0.6) is 0 Å². The van der Waals surface area contributed by atoms with Gasteiger partial charge in [0.15, 0.2) is 0 Å². The quantitative estimate of drug-likeness (QED) is 0.551. The number of hydrogen-bond donors (Lipinski definition) is 1. The van der Waals surface area contributed by atoms with Crippen molar-refractivity contribution in [3.8, 4) is 0 Å². The smallest absolute Gasteiger partial charge is 0.236 e. The van der Waals surface area contributed by atoms with Crippen molar-refractivity contribution < 1.29 is 4.79 Å². The van der Waals surface area contributed by atoms with Gasteiger partial charge < -0.3 is 10.2 Å². The van der Waals surface area contributed by atoms with E-state index in [2.05, 4.69) is 12.2 Å². The minimum Gasteiger partial charge on any atom is -0.342 e. The number of amides is 1. The molecule has 1 N–H and O–H groups in total. The van der Waals surface area contributed by atoms with Gasteiger partial charge in [0.25, 0.3) is 0 Å². The van der Waals surface area contributed by atoms with E-state index < -0.39 is 0 Å². The third-order valence-electron chi connectivity index (χ3n) is 3.97. The van der Waals surface area contributed by atoms with E-state index in [-0.39, 0.29) is 5.91 Å². The van der Waals surface area contributed by atoms with Gasteiger partial charge in [-0.05, 0) is 25.8 Å². The lowest BCUT2D eigenvalue weighted by Gasteiger charge is -2.16. The Morgan fingerprint density at radius 1 is 1.05 bits per heavy atom. The van der Waals surface area contributed by atoms with Gasteiger partial charge in [-0.25, -0.2) is 0 Å². The highest BCUT2D eigenvalue weighted by Gasteiger charge is 2.28. The number of hydrogen-bond acceptors (Lipinski definition) is 2. The summed E-state index contributed by atoms with van der Waals surface area (Å²) in [4.78, 5) is 13.6. The predicted octanol–water partition coefficient (Wildman–Crippen LogP) is 3.34. The van der Waals surface area contributed by atoms with Crippen molar-refractivity contribution in [2.24, 2.45) is 0 Å². The number of nitrogens with zero attached hydrogens (tertiary/aromatic N) is 1. The van der Waals surface area contributed by atoms with Crippen LogP contribution in [0.25, 0.3) is 0 Å². The Morgan fingerprint density at radius 2 is 1.63 bits per heavy atom. The molecule has 1 aliphatic rings. The fourth-order valence-electron chi connectivity index (χ4n) is 2.37. The zero-order valence-corrected chi connectivity index (χ0v) is 12.9. The van der Waals surface area contributed by atoms with Gasteiger partial charge in [-0.1, -0.05) is 51.9 Å². The number of nitrogens with one attached hydrogen (secondary N) is 1. The van der Waals surface area contributed by atoms with Crippen molar-refractivity contribution in [2.75, 3.05) is 20.1 Å². The lowest BCUT2D eigenvalue weighted by atomic mass is 10.1. The first kappa shape index (κ1) is 16.5. The minimum atomic E-state index is 0.252. The summed E-state index contributed by atoms with van der Waals surface area (Å²) in [6.45, 7) is 3.76. The van der Waals surface area contributed by atoms with Gasteiger partial charge in [0, 0.05) is 13.1 Å². The van der Waals surface area contributed by atoms with Crippen LogP contribution in [0, 0.1) is 0 Å². The van der Waals surface area contributed by atoms with Gasteiger partial charge in [-0.3, -0.25) is 4.79 Å². The van der Waals surface area contributed by atoms with E-state index >= 15 is 0 Å². The maximum atomic E-state index is 11.7. The van der Waals surface area contributed by atoms with Crippen LogP contribution in [-0.2, 0) is 4.79 Å². The molecule has 3 heteroatoms. The number of rotatable bonds is 12. The van der Waals surface area contributed by atoms with Crippen molar-refractivity contribution in [3.63, 3.8) is 0 Å². The van der Waals surface area contributed by atoms with Crippen LogP contribution in [0.2, 0.25) is 0 Å². The van der Waals surface area contributed by atoms with Gasteiger partial charge in [-0.2, -0.15) is 0 Å². The van der Waals surface area contributed by atoms with Crippen molar-refractivity contribution in [1.82, 2.24) is 10.2 Å². The van der Waals surface area contributed by atoms with Gasteiger partial charge >= 0.3 is 0 Å². The average molecular weight is 268 g/mol. The summed E-state index contributed by atoms with van der Waals surface area (Å²) in [7, 11) is 1.93. The SMILES string of the molecule is CCCCCCCCCCNCC(=O)N(C)C1CC1. The molecule has 112 valence electrons. The fourth-order valence-corrected chi connectivity index (χ4v) is 2.37. The maximum Gasteiger partial charge on any atom is 0.236 e. The van der Waals surface area contributed by atoms with E-state index in [1.54, 1.807) is 0 Å². The molecule has 0 saturated heterocycles. The van der Waals surface area contributed by atoms with Crippen LogP contribution in [0.3, 0.4) is 0 Å². The van der Waals surface area contributed by atoms with E-state index in [4.69, 9.17) is 0 Å². The molecule has 1 amide bonds. The first-order chi connectivity index (χ1) is 9.25. The molecular weight excluding hydrogens is 236 g/mol. The zero-order chi connectivity index (χ0) is 13.9. The summed E-state index contributed by atoms with van der Waals surface area (Å²) in [6, 6.07) is 0.539. The summed E-state index contributed by atoms with van der Waals surface area (Å²) >= 11 is 0. The molecule has 0 aromatic heterocycles. The molecular formula is C16H32N2O. The zero-order valence-electron chi connectivity index (χ0n) is 12.9. The lowest BCUT2D eigenvalue weighted by Crippen LogP contribution is -2.37. The third-order valence-corrected chi connectivity index (χ3v) is 3.97. The lowest BCUT2D eigenvalue weighted by molar-refractivity contribution is -0.129. The highest BCUT2D eigenvalue weighted by atomic mass is 16.2. The van der Waals surface area contributed by atoms with E-state index in [1.165, 1.54) is 64.2 Å². The van der Waals surface area contributed by atoms with Gasteiger partial charge in [-0.15, -0.1) is 0 Å². The van der Waals surface area contributed by atoms with Crippen molar-refractivity contribution >= 4 is 5.91 Å². The summed E-state index contributed by atoms with van der Waals surface area (Å²) in [5, 5.41) is 3.27. The van der Waals surface area contributed by atoms with Crippen LogP contribution < -0.4 is 5.32 Å². The maximum absolute atomic E-state index is 11.7. The van der Waals surface area contributed by atoms with E-state index in [1.807, 2.05) is 11.9 Å². The van der Waals surface area contributed by atoms with Crippen LogP contribution in [0.15, 0.2) is 0 Å². The van der Waals surface area contributed by atoms with E-state index in [9.17, 15) is 4.79 Å². The Hall–Kier alpha value is -0.570. The van der Waals surface area contributed by atoms with Crippen LogP contribution in [0.1, 0.15) is 71.1 Å². The molecule has 0 heterocycles. The second-order valence-electron chi connectivity index (χ2n) is 5.89. The second-order valence-corrected chi connectivity index (χ2v) is 5.89. The largest absolute Gasteiger partial charge is 0.342 e. The highest BCUT2D eigenvalue weighted by molar-refractivity contribution is 5.78. The Labute approximate surface area is 119 Å². The molecule has 1 aliphatic carbocycles. The Bertz CT molecular complexity index is 239. The van der Waals surface area contributed by atoms with Crippen molar-refractivity contribution in [3.05, 3.63) is 0 Å². The molecule has 0 aromatic rings. The molecule has 1 rings (SSSR count).